The van der Waals surface area contributed by atoms with Crippen LogP contribution in [0.25, 0.3) is 11.1 Å². The van der Waals surface area contributed by atoms with Gasteiger partial charge in [-0.25, -0.2) is 4.79 Å². The lowest BCUT2D eigenvalue weighted by Crippen LogP contribution is -2.47. The third-order valence-electron chi connectivity index (χ3n) is 8.16. The standard InChI is InChI=1S/C33H40N2O2/c1-3-25-11-13-27(14-12-25)28-15-17-29(18-16-28)30-19-20-31-32(22-30)37-24(2)23-35(31)33(36)34-21-7-10-26-8-5-4-6-9-26/h4-6,8-9,15-20,22,24-25,27H,3,7,10-14,21,23H2,1-2H3,(H,34,36). The number of urea groups is 1. The van der Waals surface area contributed by atoms with Gasteiger partial charge < -0.3 is 10.1 Å². The molecule has 1 heterocycles. The minimum atomic E-state index is -0.0570. The van der Waals surface area contributed by atoms with Crippen LogP contribution in [0.15, 0.2) is 72.8 Å². The number of nitrogens with one attached hydrogen (secondary N) is 1. The Bertz CT molecular complexity index is 1170. The Morgan fingerprint density at radius 2 is 1.68 bits per heavy atom. The van der Waals surface area contributed by atoms with Crippen molar-refractivity contribution < 1.29 is 9.53 Å². The van der Waals surface area contributed by atoms with Crippen molar-refractivity contribution in [3.05, 3.63) is 83.9 Å². The molecule has 0 spiro atoms. The van der Waals surface area contributed by atoms with Gasteiger partial charge in [0.25, 0.3) is 0 Å². The quantitative estimate of drug-likeness (QED) is 0.337. The van der Waals surface area contributed by atoms with Gasteiger partial charge in [-0.2, -0.15) is 0 Å². The van der Waals surface area contributed by atoms with Crippen molar-refractivity contribution in [2.75, 3.05) is 18.0 Å². The van der Waals surface area contributed by atoms with Gasteiger partial charge in [0, 0.05) is 6.54 Å². The van der Waals surface area contributed by atoms with Crippen LogP contribution in [0.4, 0.5) is 10.5 Å². The molecule has 3 aromatic carbocycles. The molecule has 0 aromatic heterocycles. The fourth-order valence-electron chi connectivity index (χ4n) is 5.89. The smallest absolute Gasteiger partial charge is 0.322 e. The number of ether oxygens (including phenoxy) is 1. The zero-order chi connectivity index (χ0) is 25.6. The van der Waals surface area contributed by atoms with Crippen molar-refractivity contribution in [3.63, 3.8) is 0 Å². The van der Waals surface area contributed by atoms with Crippen molar-refractivity contribution in [1.82, 2.24) is 5.32 Å². The van der Waals surface area contributed by atoms with Crippen molar-refractivity contribution >= 4 is 11.7 Å². The van der Waals surface area contributed by atoms with E-state index in [1.807, 2.05) is 24.0 Å². The lowest BCUT2D eigenvalue weighted by Gasteiger charge is -2.33. The average molecular weight is 497 g/mol. The summed E-state index contributed by atoms with van der Waals surface area (Å²) in [7, 11) is 0. The molecule has 0 radical (unpaired) electrons. The lowest BCUT2D eigenvalue weighted by atomic mass is 9.77. The van der Waals surface area contributed by atoms with Gasteiger partial charge in [0.2, 0.25) is 0 Å². The first kappa shape index (κ1) is 25.4. The second kappa shape index (κ2) is 11.9. The summed E-state index contributed by atoms with van der Waals surface area (Å²) in [5, 5.41) is 3.11. The predicted octanol–water partition coefficient (Wildman–Crippen LogP) is 7.97. The average Bonchev–Trinajstić information content (AvgIpc) is 2.95. The molecule has 0 bridgehead atoms. The maximum atomic E-state index is 13.1. The van der Waals surface area contributed by atoms with Crippen LogP contribution < -0.4 is 15.0 Å². The van der Waals surface area contributed by atoms with E-state index < -0.39 is 0 Å². The van der Waals surface area contributed by atoms with Gasteiger partial charge in [-0.05, 0) is 91.7 Å². The number of amides is 2. The summed E-state index contributed by atoms with van der Waals surface area (Å²) in [4.78, 5) is 14.9. The second-order valence-electron chi connectivity index (χ2n) is 10.8. The molecule has 0 saturated heterocycles. The number of carbonyl (C=O) groups is 1. The number of fused-ring (bicyclic) bond motifs is 1. The van der Waals surface area contributed by atoms with E-state index in [0.717, 1.165) is 35.8 Å². The predicted molar refractivity (Wildman–Crippen MR) is 152 cm³/mol. The van der Waals surface area contributed by atoms with Gasteiger partial charge in [-0.3, -0.25) is 4.90 Å². The summed E-state index contributed by atoms with van der Waals surface area (Å²) < 4.78 is 6.18. The minimum Gasteiger partial charge on any atom is -0.487 e. The number of hydrogen-bond acceptors (Lipinski definition) is 2. The molecular weight excluding hydrogens is 456 g/mol. The van der Waals surface area contributed by atoms with Crippen molar-refractivity contribution in [3.8, 4) is 16.9 Å². The number of nitrogens with zero attached hydrogens (tertiary/aromatic N) is 1. The molecule has 1 fully saturated rings. The number of anilines is 1. The van der Waals surface area contributed by atoms with Crippen LogP contribution in [0, 0.1) is 5.92 Å². The summed E-state index contributed by atoms with van der Waals surface area (Å²) in [6.07, 6.45) is 8.48. The highest BCUT2D eigenvalue weighted by Crippen LogP contribution is 2.39. The highest BCUT2D eigenvalue weighted by atomic mass is 16.5. The second-order valence-corrected chi connectivity index (χ2v) is 10.8. The number of aryl methyl sites for hydroxylation is 1. The molecule has 1 saturated carbocycles. The Labute approximate surface area is 222 Å². The molecule has 37 heavy (non-hydrogen) atoms. The van der Waals surface area contributed by atoms with Crippen LogP contribution in [0.5, 0.6) is 5.75 Å². The van der Waals surface area contributed by atoms with E-state index in [1.165, 1.54) is 48.8 Å². The molecule has 1 atom stereocenters. The van der Waals surface area contributed by atoms with Crippen LogP contribution in [0.3, 0.4) is 0 Å². The van der Waals surface area contributed by atoms with Crippen molar-refractivity contribution in [1.29, 1.82) is 0 Å². The Kier molecular flexibility index (Phi) is 8.13. The zero-order valence-corrected chi connectivity index (χ0v) is 22.3. The van der Waals surface area contributed by atoms with E-state index in [2.05, 4.69) is 72.9 Å². The number of hydrogen-bond donors (Lipinski definition) is 1. The van der Waals surface area contributed by atoms with Gasteiger partial charge in [-0.15, -0.1) is 0 Å². The molecule has 5 rings (SSSR count). The third kappa shape index (κ3) is 6.18. The fraction of sp³-hybridized carbons (Fsp3) is 0.424. The van der Waals surface area contributed by atoms with E-state index >= 15 is 0 Å². The summed E-state index contributed by atoms with van der Waals surface area (Å²) >= 11 is 0. The van der Waals surface area contributed by atoms with E-state index in [9.17, 15) is 4.79 Å². The first-order valence-electron chi connectivity index (χ1n) is 14.1. The molecule has 1 unspecified atom stereocenters. The normalized spacial score (nSPS) is 21.1. The SMILES string of the molecule is CCC1CCC(c2ccc(-c3ccc4c(c3)OC(C)CN4C(=O)NCCCc3ccccc3)cc2)CC1. The topological polar surface area (TPSA) is 41.6 Å². The van der Waals surface area contributed by atoms with Crippen molar-refractivity contribution in [2.24, 2.45) is 5.92 Å². The molecule has 4 nitrogen and oxygen atoms in total. The summed E-state index contributed by atoms with van der Waals surface area (Å²) in [5.74, 6) is 2.39. The monoisotopic (exact) mass is 496 g/mol. The van der Waals surface area contributed by atoms with Gasteiger partial charge in [-0.1, -0.05) is 74.0 Å². The van der Waals surface area contributed by atoms with Gasteiger partial charge in [0.15, 0.2) is 0 Å². The highest BCUT2D eigenvalue weighted by Gasteiger charge is 2.28. The molecule has 2 amide bonds. The maximum Gasteiger partial charge on any atom is 0.322 e. The number of rotatable bonds is 7. The van der Waals surface area contributed by atoms with Gasteiger partial charge in [0.05, 0.1) is 12.2 Å². The summed E-state index contributed by atoms with van der Waals surface area (Å²) in [5.41, 5.74) is 5.92. The lowest BCUT2D eigenvalue weighted by molar-refractivity contribution is 0.205. The maximum absolute atomic E-state index is 13.1. The Morgan fingerprint density at radius 1 is 0.946 bits per heavy atom. The molecule has 194 valence electrons. The van der Waals surface area contributed by atoms with Crippen molar-refractivity contribution in [2.45, 2.75) is 70.8 Å². The Hall–Kier alpha value is -3.27. The van der Waals surface area contributed by atoms with E-state index in [-0.39, 0.29) is 12.1 Å². The fourth-order valence-corrected chi connectivity index (χ4v) is 5.89. The third-order valence-corrected chi connectivity index (χ3v) is 8.16. The number of carbonyl (C=O) groups excluding carboxylic acids is 1. The first-order chi connectivity index (χ1) is 18.1. The first-order valence-corrected chi connectivity index (χ1v) is 14.1. The van der Waals surface area contributed by atoms with Crippen LogP contribution in [0.2, 0.25) is 0 Å². The Balaban J connectivity index is 1.22. The molecule has 3 aromatic rings. The van der Waals surface area contributed by atoms with E-state index in [1.54, 1.807) is 0 Å². The van der Waals surface area contributed by atoms with Gasteiger partial charge >= 0.3 is 6.03 Å². The molecule has 1 N–H and O–H groups in total. The summed E-state index contributed by atoms with van der Waals surface area (Å²) in [6, 6.07) is 25.7. The molecule has 4 heteroatoms. The van der Waals surface area contributed by atoms with Crippen LogP contribution in [-0.2, 0) is 6.42 Å². The minimum absolute atomic E-state index is 0.0561. The largest absolute Gasteiger partial charge is 0.487 e. The highest BCUT2D eigenvalue weighted by molar-refractivity contribution is 5.94. The molecule has 2 aliphatic rings. The zero-order valence-electron chi connectivity index (χ0n) is 22.3. The van der Waals surface area contributed by atoms with Gasteiger partial charge in [0.1, 0.15) is 11.9 Å². The van der Waals surface area contributed by atoms with E-state index in [0.29, 0.717) is 19.0 Å². The van der Waals surface area contributed by atoms with Crippen LogP contribution in [0.1, 0.15) is 69.4 Å². The van der Waals surface area contributed by atoms with Crippen LogP contribution >= 0.6 is 0 Å². The number of benzene rings is 3. The van der Waals surface area contributed by atoms with Crippen LogP contribution in [-0.4, -0.2) is 25.2 Å². The molecule has 1 aliphatic heterocycles. The summed E-state index contributed by atoms with van der Waals surface area (Å²) in [6.45, 7) is 5.54. The molecular formula is C33H40N2O2. The molecule has 1 aliphatic carbocycles. The van der Waals surface area contributed by atoms with E-state index in [4.69, 9.17) is 4.74 Å². The Morgan fingerprint density at radius 3 is 2.41 bits per heavy atom.